The lowest BCUT2D eigenvalue weighted by atomic mass is 9.53. The van der Waals surface area contributed by atoms with Gasteiger partial charge in [0.1, 0.15) is 17.0 Å². The van der Waals surface area contributed by atoms with Gasteiger partial charge in [0.25, 0.3) is 5.91 Å². The van der Waals surface area contributed by atoms with Gasteiger partial charge in [-0.05, 0) is 86.5 Å². The summed E-state index contributed by atoms with van der Waals surface area (Å²) >= 11 is 0. The average molecular weight is 621 g/mol. The van der Waals surface area contributed by atoms with Crippen LogP contribution in [0.5, 0.6) is 11.5 Å². The number of likely N-dealkylation sites (tertiary alicyclic amines) is 1. The second-order valence-electron chi connectivity index (χ2n) is 13.3. The van der Waals surface area contributed by atoms with E-state index in [0.717, 1.165) is 72.0 Å². The quantitative estimate of drug-likeness (QED) is 0.360. The molecule has 1 aliphatic carbocycles. The third kappa shape index (κ3) is 4.61. The monoisotopic (exact) mass is 620 g/mol. The number of benzene rings is 3. The third-order valence-corrected chi connectivity index (χ3v) is 11.0. The number of piperazine rings is 1. The largest absolute Gasteiger partial charge is 0.497 e. The summed E-state index contributed by atoms with van der Waals surface area (Å²) in [5, 5.41) is 0. The van der Waals surface area contributed by atoms with Crippen molar-refractivity contribution in [3.05, 3.63) is 95.1 Å². The molecule has 46 heavy (non-hydrogen) atoms. The Hall–Kier alpha value is -3.98. The summed E-state index contributed by atoms with van der Waals surface area (Å²) in [5.41, 5.74) is 2.56. The standard InChI is InChI=1S/C38H44N4O4/c1-39-20-22-41(23-21-39)26-42-34-10-6-5-9-32(34)38(36(42)44)37(33(25-40(38)2)28-13-17-31(46-4)18-14-28)19-7-8-29(35(37)43)24-27-11-15-30(45-3)16-12-27/h5-6,9-18,24,33H,7-8,19-23,25-26H2,1-4H3/b29-24+/t33-,37+,38+/m0/s1. The van der Waals surface area contributed by atoms with Gasteiger partial charge in [-0.1, -0.05) is 42.5 Å². The Bertz CT molecular complexity index is 1650. The van der Waals surface area contributed by atoms with E-state index in [1.165, 1.54) is 0 Å². The maximum Gasteiger partial charge on any atom is 0.254 e. The van der Waals surface area contributed by atoms with Gasteiger partial charge in [-0.25, -0.2) is 0 Å². The molecular formula is C38H44N4O4. The first-order chi connectivity index (χ1) is 22.3. The summed E-state index contributed by atoms with van der Waals surface area (Å²) in [4.78, 5) is 39.7. The highest BCUT2D eigenvalue weighted by atomic mass is 16.5. The minimum Gasteiger partial charge on any atom is -0.497 e. The molecule has 1 amide bonds. The molecule has 3 aromatic rings. The molecule has 4 aliphatic rings. The van der Waals surface area contributed by atoms with E-state index in [1.54, 1.807) is 14.2 Å². The molecule has 240 valence electrons. The van der Waals surface area contributed by atoms with Gasteiger partial charge in [0.15, 0.2) is 5.78 Å². The van der Waals surface area contributed by atoms with Gasteiger partial charge in [-0.3, -0.25) is 24.3 Å². The van der Waals surface area contributed by atoms with Gasteiger partial charge in [-0.2, -0.15) is 0 Å². The number of fused-ring (bicyclic) bond motifs is 3. The number of likely N-dealkylation sites (N-methyl/N-ethyl adjacent to an activating group) is 2. The number of methoxy groups -OCH3 is 2. The number of nitrogens with zero attached hydrogens (tertiary/aromatic N) is 4. The Morgan fingerprint density at radius 1 is 0.848 bits per heavy atom. The van der Waals surface area contributed by atoms with Crippen molar-refractivity contribution >= 4 is 23.5 Å². The minimum absolute atomic E-state index is 0.0187. The van der Waals surface area contributed by atoms with Gasteiger partial charge >= 0.3 is 0 Å². The molecule has 3 atom stereocenters. The SMILES string of the molecule is COc1ccc(/C=C2\CCC[C@]3(C2=O)[C@H](c2ccc(OC)cc2)CN(C)[C@]32C(=O)N(CN3CCN(C)CC3)c3ccccc32)cc1. The fourth-order valence-electron chi connectivity index (χ4n) is 8.74. The number of ketones is 1. The zero-order valence-corrected chi connectivity index (χ0v) is 27.4. The molecule has 0 aromatic heterocycles. The number of rotatable bonds is 6. The number of para-hydroxylation sites is 1. The van der Waals surface area contributed by atoms with Crippen LogP contribution in [0.1, 0.15) is 41.9 Å². The molecule has 3 fully saturated rings. The second-order valence-corrected chi connectivity index (χ2v) is 13.3. The Morgan fingerprint density at radius 2 is 1.50 bits per heavy atom. The van der Waals surface area contributed by atoms with Gasteiger partial charge in [0, 0.05) is 44.2 Å². The average Bonchev–Trinajstić information content (AvgIpc) is 3.49. The summed E-state index contributed by atoms with van der Waals surface area (Å²) in [6, 6.07) is 24.2. The Kier molecular flexibility index (Phi) is 7.99. The molecule has 0 bridgehead atoms. The van der Waals surface area contributed by atoms with Crippen LogP contribution >= 0.6 is 0 Å². The van der Waals surface area contributed by atoms with Gasteiger partial charge in [0.2, 0.25) is 0 Å². The summed E-state index contributed by atoms with van der Waals surface area (Å²) in [6.07, 6.45) is 4.18. The van der Waals surface area contributed by atoms with Crippen molar-refractivity contribution in [1.82, 2.24) is 14.7 Å². The number of carbonyl (C=O) groups excluding carboxylic acids is 2. The summed E-state index contributed by atoms with van der Waals surface area (Å²) in [5.74, 6) is 1.47. The second kappa shape index (κ2) is 12.0. The van der Waals surface area contributed by atoms with Crippen molar-refractivity contribution in [3.63, 3.8) is 0 Å². The Labute approximate surface area is 272 Å². The van der Waals surface area contributed by atoms with Crippen LogP contribution in [0.2, 0.25) is 0 Å². The zero-order chi connectivity index (χ0) is 32.1. The van der Waals surface area contributed by atoms with Gasteiger partial charge < -0.3 is 14.4 Å². The van der Waals surface area contributed by atoms with Gasteiger partial charge in [-0.15, -0.1) is 0 Å². The Balaban J connectivity index is 1.39. The Morgan fingerprint density at radius 3 is 2.17 bits per heavy atom. The minimum atomic E-state index is -1.13. The van der Waals surface area contributed by atoms with Crippen LogP contribution in [-0.2, 0) is 15.1 Å². The molecule has 7 rings (SSSR count). The highest BCUT2D eigenvalue weighted by Gasteiger charge is 2.75. The number of amides is 1. The molecule has 0 radical (unpaired) electrons. The number of ether oxygens (including phenoxy) is 2. The van der Waals surface area contributed by atoms with Crippen molar-refractivity contribution in [3.8, 4) is 11.5 Å². The van der Waals surface area contributed by atoms with E-state index in [-0.39, 0.29) is 17.6 Å². The lowest BCUT2D eigenvalue weighted by Gasteiger charge is -2.49. The number of anilines is 1. The van der Waals surface area contributed by atoms with E-state index in [0.29, 0.717) is 26.1 Å². The molecule has 3 heterocycles. The molecule has 3 aromatic carbocycles. The first kappa shape index (κ1) is 30.7. The van der Waals surface area contributed by atoms with E-state index < -0.39 is 11.0 Å². The van der Waals surface area contributed by atoms with Crippen LogP contribution in [0.4, 0.5) is 5.69 Å². The van der Waals surface area contributed by atoms with Crippen molar-refractivity contribution in [1.29, 1.82) is 0 Å². The topological polar surface area (TPSA) is 65.6 Å². The van der Waals surface area contributed by atoms with Gasteiger partial charge in [0.05, 0.1) is 32.0 Å². The molecule has 3 aliphatic heterocycles. The molecular weight excluding hydrogens is 576 g/mol. The summed E-state index contributed by atoms with van der Waals surface area (Å²) < 4.78 is 10.9. The fourth-order valence-corrected chi connectivity index (χ4v) is 8.74. The van der Waals surface area contributed by atoms with Crippen LogP contribution in [-0.4, -0.2) is 94.1 Å². The highest BCUT2D eigenvalue weighted by molar-refractivity contribution is 6.16. The third-order valence-electron chi connectivity index (χ3n) is 11.0. The van der Waals surface area contributed by atoms with Crippen LogP contribution < -0.4 is 14.4 Å². The van der Waals surface area contributed by atoms with Crippen molar-refractivity contribution in [2.75, 3.05) is 72.6 Å². The van der Waals surface area contributed by atoms with Crippen molar-refractivity contribution in [2.24, 2.45) is 5.41 Å². The summed E-state index contributed by atoms with van der Waals surface area (Å²) in [6.45, 7) is 4.85. The summed E-state index contributed by atoms with van der Waals surface area (Å²) in [7, 11) is 7.51. The first-order valence-corrected chi connectivity index (χ1v) is 16.4. The van der Waals surface area contributed by atoms with E-state index in [4.69, 9.17) is 9.47 Å². The fraction of sp³-hybridized carbons (Fsp3) is 0.421. The predicted molar refractivity (Wildman–Crippen MR) is 180 cm³/mol. The number of Topliss-reactive ketones (excluding diaryl/α,β-unsaturated/α-hetero) is 1. The molecule has 2 spiro atoms. The van der Waals surface area contributed by atoms with E-state index >= 15 is 9.59 Å². The molecule has 2 saturated heterocycles. The van der Waals surface area contributed by atoms with Crippen molar-refractivity contribution < 1.29 is 19.1 Å². The maximum absolute atomic E-state index is 15.4. The smallest absolute Gasteiger partial charge is 0.254 e. The van der Waals surface area contributed by atoms with Crippen LogP contribution in [0, 0.1) is 5.41 Å². The number of carbonyl (C=O) groups is 2. The van der Waals surface area contributed by atoms with Crippen LogP contribution in [0.25, 0.3) is 6.08 Å². The normalized spacial score (nSPS) is 28.0. The highest BCUT2D eigenvalue weighted by Crippen LogP contribution is 2.67. The zero-order valence-electron chi connectivity index (χ0n) is 27.4. The van der Waals surface area contributed by atoms with Crippen molar-refractivity contribution in [2.45, 2.75) is 30.7 Å². The maximum atomic E-state index is 15.4. The van der Waals surface area contributed by atoms with Crippen LogP contribution in [0.3, 0.4) is 0 Å². The van der Waals surface area contributed by atoms with E-state index in [2.05, 4.69) is 46.0 Å². The number of allylic oxidation sites excluding steroid dienone is 1. The molecule has 8 heteroatoms. The molecule has 0 N–H and O–H groups in total. The molecule has 8 nitrogen and oxygen atoms in total. The van der Waals surface area contributed by atoms with E-state index in [1.807, 2.05) is 66.6 Å². The molecule has 1 saturated carbocycles. The number of hydrogen-bond acceptors (Lipinski definition) is 7. The lowest BCUT2D eigenvalue weighted by Crippen LogP contribution is -2.62. The predicted octanol–water partition coefficient (Wildman–Crippen LogP) is 5.00. The van der Waals surface area contributed by atoms with Crippen LogP contribution in [0.15, 0.2) is 78.4 Å². The number of hydrogen-bond donors (Lipinski definition) is 0. The first-order valence-electron chi connectivity index (χ1n) is 16.4. The molecule has 0 unspecified atom stereocenters. The lowest BCUT2D eigenvalue weighted by molar-refractivity contribution is -0.146. The van der Waals surface area contributed by atoms with E-state index in [9.17, 15) is 0 Å².